The first-order chi connectivity index (χ1) is 11.7. The van der Waals surface area contributed by atoms with Gasteiger partial charge < -0.3 is 5.32 Å². The molecule has 24 heavy (non-hydrogen) atoms. The van der Waals surface area contributed by atoms with Crippen molar-refractivity contribution in [3.05, 3.63) is 47.1 Å². The molecule has 0 bridgehead atoms. The minimum atomic E-state index is -0.114. The third kappa shape index (κ3) is 3.72. The van der Waals surface area contributed by atoms with Crippen molar-refractivity contribution in [1.29, 1.82) is 5.26 Å². The molecular weight excluding hydrogens is 340 g/mol. The highest BCUT2D eigenvalue weighted by atomic mass is 32.2. The number of hydrogen-bond donors (Lipinski definition) is 1. The summed E-state index contributed by atoms with van der Waals surface area (Å²) in [6.45, 7) is 2.04. The number of nitriles is 1. The molecule has 120 valence electrons. The molecule has 0 saturated heterocycles. The van der Waals surface area contributed by atoms with Crippen LogP contribution in [-0.4, -0.2) is 21.6 Å². The van der Waals surface area contributed by atoms with E-state index in [0.29, 0.717) is 23.4 Å². The number of rotatable bonds is 5. The number of hydrogen-bond acceptors (Lipinski definition) is 6. The fraction of sp³-hybridized carbons (Fsp3) is 0.176. The van der Waals surface area contributed by atoms with Crippen LogP contribution in [-0.2, 0) is 4.79 Å². The highest BCUT2D eigenvalue weighted by molar-refractivity contribution is 7.99. The molecule has 0 aliphatic rings. The maximum Gasteiger partial charge on any atom is 0.225 e. The molecule has 0 unspecified atom stereocenters. The number of carbonyl (C=O) groups excluding carboxylic acids is 1. The largest absolute Gasteiger partial charge is 0.325 e. The summed E-state index contributed by atoms with van der Waals surface area (Å²) in [4.78, 5) is 22.8. The average Bonchev–Trinajstić information content (AvgIpc) is 2.96. The predicted octanol–water partition coefficient (Wildman–Crippen LogP) is 3.99. The lowest BCUT2D eigenvalue weighted by Gasteiger charge is -2.06. The fourth-order valence-corrected chi connectivity index (χ4v) is 4.04. The Bertz CT molecular complexity index is 930. The molecule has 2 heterocycles. The number of anilines is 1. The number of benzene rings is 1. The Morgan fingerprint density at radius 3 is 3.04 bits per heavy atom. The quantitative estimate of drug-likeness (QED) is 0.553. The van der Waals surface area contributed by atoms with Gasteiger partial charge in [0.05, 0.1) is 11.3 Å². The van der Waals surface area contributed by atoms with Crippen LogP contribution < -0.4 is 5.32 Å². The van der Waals surface area contributed by atoms with E-state index in [9.17, 15) is 4.79 Å². The Morgan fingerprint density at radius 1 is 1.38 bits per heavy atom. The van der Waals surface area contributed by atoms with Crippen molar-refractivity contribution in [1.82, 2.24) is 9.97 Å². The molecule has 1 amide bonds. The van der Waals surface area contributed by atoms with Crippen molar-refractivity contribution >= 4 is 44.9 Å². The molecule has 2 aromatic heterocycles. The van der Waals surface area contributed by atoms with E-state index >= 15 is 0 Å². The van der Waals surface area contributed by atoms with Gasteiger partial charge in [-0.3, -0.25) is 4.79 Å². The van der Waals surface area contributed by atoms with Gasteiger partial charge in [0.25, 0.3) is 0 Å². The van der Waals surface area contributed by atoms with Crippen molar-refractivity contribution < 1.29 is 4.79 Å². The number of nitrogens with zero attached hydrogens (tertiary/aromatic N) is 3. The zero-order valence-corrected chi connectivity index (χ0v) is 14.6. The Labute approximate surface area is 147 Å². The molecule has 0 fully saturated rings. The molecule has 0 radical (unpaired) electrons. The van der Waals surface area contributed by atoms with E-state index in [0.717, 1.165) is 15.2 Å². The summed E-state index contributed by atoms with van der Waals surface area (Å²) in [5.74, 6) is 0.499. The molecule has 0 spiro atoms. The molecule has 0 aliphatic heterocycles. The van der Waals surface area contributed by atoms with Crippen LogP contribution in [0.25, 0.3) is 10.2 Å². The van der Waals surface area contributed by atoms with E-state index in [4.69, 9.17) is 5.26 Å². The topological polar surface area (TPSA) is 78.7 Å². The van der Waals surface area contributed by atoms with Crippen LogP contribution in [0.15, 0.2) is 41.7 Å². The van der Waals surface area contributed by atoms with Gasteiger partial charge in [-0.25, -0.2) is 9.97 Å². The summed E-state index contributed by atoms with van der Waals surface area (Å²) < 4.78 is 0. The normalized spacial score (nSPS) is 10.5. The molecule has 1 N–H and O–H groups in total. The van der Waals surface area contributed by atoms with Gasteiger partial charge in [-0.05, 0) is 25.1 Å². The first-order valence-electron chi connectivity index (χ1n) is 7.30. The number of aryl methyl sites for hydroxylation is 1. The molecule has 0 atom stereocenters. The summed E-state index contributed by atoms with van der Waals surface area (Å²) in [7, 11) is 0. The predicted molar refractivity (Wildman–Crippen MR) is 97.3 cm³/mol. The summed E-state index contributed by atoms with van der Waals surface area (Å²) >= 11 is 3.18. The molecule has 0 saturated carbocycles. The average molecular weight is 354 g/mol. The van der Waals surface area contributed by atoms with Gasteiger partial charge in [0.15, 0.2) is 0 Å². The Balaban J connectivity index is 1.60. The van der Waals surface area contributed by atoms with Crippen molar-refractivity contribution in [3.63, 3.8) is 0 Å². The SMILES string of the molecule is Cc1cc2c(SCCC(=O)Nc3ccccc3C#N)ncnc2s1. The van der Waals surface area contributed by atoms with Crippen molar-refractivity contribution in [2.45, 2.75) is 18.4 Å². The number of aromatic nitrogens is 2. The van der Waals surface area contributed by atoms with Crippen LogP contribution in [0.4, 0.5) is 5.69 Å². The Kier molecular flexibility index (Phi) is 5.08. The van der Waals surface area contributed by atoms with Gasteiger partial charge in [-0.1, -0.05) is 12.1 Å². The summed E-state index contributed by atoms with van der Waals surface area (Å²) in [6, 6.07) is 11.1. The maximum atomic E-state index is 12.1. The second kappa shape index (κ2) is 7.43. The monoisotopic (exact) mass is 354 g/mol. The van der Waals surface area contributed by atoms with E-state index in [2.05, 4.69) is 27.4 Å². The fourth-order valence-electron chi connectivity index (χ4n) is 2.21. The number of fused-ring (bicyclic) bond motifs is 1. The van der Waals surface area contributed by atoms with Crippen molar-refractivity contribution in [2.24, 2.45) is 0 Å². The Hall–Kier alpha value is -2.43. The van der Waals surface area contributed by atoms with Crippen LogP contribution in [0.5, 0.6) is 0 Å². The maximum absolute atomic E-state index is 12.1. The lowest BCUT2D eigenvalue weighted by atomic mass is 10.2. The van der Waals surface area contributed by atoms with E-state index in [1.807, 2.05) is 6.92 Å². The van der Waals surface area contributed by atoms with Crippen LogP contribution in [0.2, 0.25) is 0 Å². The molecule has 7 heteroatoms. The first kappa shape index (κ1) is 16.4. The second-order valence-corrected chi connectivity index (χ2v) is 7.38. The van der Waals surface area contributed by atoms with Gasteiger partial charge in [-0.2, -0.15) is 5.26 Å². The number of amides is 1. The highest BCUT2D eigenvalue weighted by Crippen LogP contribution is 2.30. The molecule has 5 nitrogen and oxygen atoms in total. The Morgan fingerprint density at radius 2 is 2.21 bits per heavy atom. The molecule has 3 aromatic rings. The third-order valence-corrected chi connectivity index (χ3v) is 5.27. The van der Waals surface area contributed by atoms with Gasteiger partial charge in [0.1, 0.15) is 22.3 Å². The summed E-state index contributed by atoms with van der Waals surface area (Å²) in [6.07, 6.45) is 1.91. The van der Waals surface area contributed by atoms with E-state index in [-0.39, 0.29) is 5.91 Å². The second-order valence-electron chi connectivity index (χ2n) is 5.06. The van der Waals surface area contributed by atoms with Gasteiger partial charge in [0, 0.05) is 22.4 Å². The van der Waals surface area contributed by atoms with E-state index < -0.39 is 0 Å². The highest BCUT2D eigenvalue weighted by Gasteiger charge is 2.10. The van der Waals surface area contributed by atoms with Crippen LogP contribution in [0, 0.1) is 18.3 Å². The summed E-state index contributed by atoms with van der Waals surface area (Å²) in [5.41, 5.74) is 1.01. The molecule has 1 aromatic carbocycles. The van der Waals surface area contributed by atoms with Gasteiger partial charge in [0.2, 0.25) is 5.91 Å². The smallest absolute Gasteiger partial charge is 0.225 e. The number of thiophene rings is 1. The number of para-hydroxylation sites is 1. The van der Waals surface area contributed by atoms with Crippen molar-refractivity contribution in [3.8, 4) is 6.07 Å². The zero-order valence-electron chi connectivity index (χ0n) is 12.9. The number of thioether (sulfide) groups is 1. The lowest BCUT2D eigenvalue weighted by molar-refractivity contribution is -0.115. The van der Waals surface area contributed by atoms with E-state index in [1.54, 1.807) is 53.7 Å². The molecule has 3 rings (SSSR count). The van der Waals surface area contributed by atoms with Crippen LogP contribution >= 0.6 is 23.1 Å². The zero-order chi connectivity index (χ0) is 16.9. The summed E-state index contributed by atoms with van der Waals surface area (Å²) in [5, 5.41) is 13.8. The minimum absolute atomic E-state index is 0.114. The number of nitrogens with one attached hydrogen (secondary N) is 1. The van der Waals surface area contributed by atoms with Gasteiger partial charge in [-0.15, -0.1) is 23.1 Å². The lowest BCUT2D eigenvalue weighted by Crippen LogP contribution is -2.13. The third-order valence-electron chi connectivity index (χ3n) is 3.31. The first-order valence-corrected chi connectivity index (χ1v) is 9.10. The van der Waals surface area contributed by atoms with Gasteiger partial charge >= 0.3 is 0 Å². The molecular formula is C17H14N4OS2. The van der Waals surface area contributed by atoms with E-state index in [1.165, 1.54) is 4.88 Å². The molecule has 0 aliphatic carbocycles. The standard InChI is InChI=1S/C17H14N4OS2/c1-11-8-13-16(19-10-20-17(13)24-11)23-7-6-15(22)21-14-5-3-2-4-12(14)9-18/h2-5,8,10H,6-7H2,1H3,(H,21,22). The van der Waals surface area contributed by atoms with Crippen molar-refractivity contribution in [2.75, 3.05) is 11.1 Å². The van der Waals surface area contributed by atoms with Crippen LogP contribution in [0.1, 0.15) is 16.9 Å². The van der Waals surface area contributed by atoms with Crippen LogP contribution in [0.3, 0.4) is 0 Å². The minimum Gasteiger partial charge on any atom is -0.325 e. The number of carbonyl (C=O) groups is 1.